The van der Waals surface area contributed by atoms with E-state index in [1.807, 2.05) is 19.1 Å². The minimum absolute atomic E-state index is 0.0188. The summed E-state index contributed by atoms with van der Waals surface area (Å²) >= 11 is 6.09. The quantitative estimate of drug-likeness (QED) is 0.643. The van der Waals surface area contributed by atoms with Crippen LogP contribution in [0.15, 0.2) is 12.1 Å². The molecule has 0 aliphatic rings. The van der Waals surface area contributed by atoms with Gasteiger partial charge < -0.3 is 0 Å². The van der Waals surface area contributed by atoms with Crippen molar-refractivity contribution in [3.05, 3.63) is 28.7 Å². The zero-order chi connectivity index (χ0) is 11.2. The van der Waals surface area contributed by atoms with Crippen LogP contribution in [0.4, 0.5) is 0 Å². The molecule has 0 saturated heterocycles. The Kier molecular flexibility index (Phi) is 2.23. The van der Waals surface area contributed by atoms with Crippen LogP contribution < -0.4 is 0 Å². The van der Waals surface area contributed by atoms with Gasteiger partial charge in [-0.2, -0.15) is 5.10 Å². The molecule has 0 aliphatic heterocycles. The third kappa shape index (κ3) is 1.84. The van der Waals surface area contributed by atoms with Gasteiger partial charge in [0.05, 0.1) is 5.69 Å². The Bertz CT molecular complexity index is 508. The highest BCUT2D eigenvalue weighted by Gasteiger charge is 2.18. The van der Waals surface area contributed by atoms with E-state index in [0.717, 1.165) is 17.0 Å². The Balaban J connectivity index is 2.71. The largest absolute Gasteiger partial charge is 0.234 e. The van der Waals surface area contributed by atoms with Gasteiger partial charge in [-0.25, -0.2) is 9.50 Å². The van der Waals surface area contributed by atoms with E-state index in [4.69, 9.17) is 11.6 Å². The Morgan fingerprint density at radius 1 is 1.27 bits per heavy atom. The molecule has 2 heterocycles. The zero-order valence-electron chi connectivity index (χ0n) is 9.37. The van der Waals surface area contributed by atoms with Gasteiger partial charge in [-0.15, -0.1) is 0 Å². The average Bonchev–Trinajstić information content (AvgIpc) is 2.46. The number of hydrogen-bond acceptors (Lipinski definition) is 2. The highest BCUT2D eigenvalue weighted by molar-refractivity contribution is 6.29. The molecule has 0 radical (unpaired) electrons. The SMILES string of the molecule is Cc1cc(Cl)n2nc(C(C)(C)C)cc2n1. The van der Waals surface area contributed by atoms with E-state index < -0.39 is 0 Å². The molecule has 2 aromatic heterocycles. The maximum Gasteiger partial charge on any atom is 0.157 e. The normalized spacial score (nSPS) is 12.3. The number of nitrogens with zero attached hydrogens (tertiary/aromatic N) is 3. The molecular formula is C11H14ClN3. The third-order valence-electron chi connectivity index (χ3n) is 2.28. The molecule has 0 fully saturated rings. The lowest BCUT2D eigenvalue weighted by Gasteiger charge is -2.13. The van der Waals surface area contributed by atoms with Crippen molar-refractivity contribution in [3.63, 3.8) is 0 Å². The average molecular weight is 224 g/mol. The smallest absolute Gasteiger partial charge is 0.157 e. The summed E-state index contributed by atoms with van der Waals surface area (Å²) < 4.78 is 1.68. The predicted molar refractivity (Wildman–Crippen MR) is 61.4 cm³/mol. The highest BCUT2D eigenvalue weighted by Crippen LogP contribution is 2.23. The zero-order valence-corrected chi connectivity index (χ0v) is 10.1. The van der Waals surface area contributed by atoms with E-state index in [-0.39, 0.29) is 5.41 Å². The first-order valence-corrected chi connectivity index (χ1v) is 5.29. The summed E-state index contributed by atoms with van der Waals surface area (Å²) in [7, 11) is 0. The minimum Gasteiger partial charge on any atom is -0.234 e. The summed E-state index contributed by atoms with van der Waals surface area (Å²) in [5.74, 6) is 0. The summed E-state index contributed by atoms with van der Waals surface area (Å²) in [6, 6.07) is 3.80. The predicted octanol–water partition coefficient (Wildman–Crippen LogP) is 2.99. The van der Waals surface area contributed by atoms with Crippen LogP contribution in [0.2, 0.25) is 5.15 Å². The lowest BCUT2D eigenvalue weighted by Crippen LogP contribution is -2.11. The van der Waals surface area contributed by atoms with Crippen molar-refractivity contribution in [2.24, 2.45) is 0 Å². The molecule has 0 bridgehead atoms. The van der Waals surface area contributed by atoms with Crippen molar-refractivity contribution >= 4 is 17.2 Å². The van der Waals surface area contributed by atoms with Crippen molar-refractivity contribution in [3.8, 4) is 0 Å². The summed E-state index contributed by atoms with van der Waals surface area (Å²) in [6.07, 6.45) is 0. The fourth-order valence-corrected chi connectivity index (χ4v) is 1.70. The van der Waals surface area contributed by atoms with Crippen LogP contribution in [0.5, 0.6) is 0 Å². The molecule has 2 rings (SSSR count). The van der Waals surface area contributed by atoms with Crippen LogP contribution in [0.3, 0.4) is 0 Å². The summed E-state index contributed by atoms with van der Waals surface area (Å²) in [5.41, 5.74) is 2.74. The third-order valence-corrected chi connectivity index (χ3v) is 2.55. The number of aryl methyl sites for hydroxylation is 1. The Morgan fingerprint density at radius 3 is 2.53 bits per heavy atom. The van der Waals surface area contributed by atoms with Crippen LogP contribution >= 0.6 is 11.6 Å². The van der Waals surface area contributed by atoms with Crippen molar-refractivity contribution < 1.29 is 0 Å². The van der Waals surface area contributed by atoms with Gasteiger partial charge in [0, 0.05) is 17.2 Å². The maximum absolute atomic E-state index is 6.09. The minimum atomic E-state index is 0.0188. The molecule has 80 valence electrons. The Hall–Kier alpha value is -1.09. The molecule has 0 amide bonds. The Labute approximate surface area is 94.1 Å². The monoisotopic (exact) mass is 223 g/mol. The van der Waals surface area contributed by atoms with Gasteiger partial charge in [-0.1, -0.05) is 32.4 Å². The van der Waals surface area contributed by atoms with Gasteiger partial charge in [-0.3, -0.25) is 0 Å². The van der Waals surface area contributed by atoms with Crippen LogP contribution in [0, 0.1) is 6.92 Å². The maximum atomic E-state index is 6.09. The second-order valence-electron chi connectivity index (χ2n) is 4.77. The second-order valence-corrected chi connectivity index (χ2v) is 5.16. The van der Waals surface area contributed by atoms with Crippen LogP contribution in [0.1, 0.15) is 32.2 Å². The molecule has 2 aromatic rings. The number of halogens is 1. The second kappa shape index (κ2) is 3.20. The molecule has 0 unspecified atom stereocenters. The molecule has 0 aliphatic carbocycles. The van der Waals surface area contributed by atoms with Gasteiger partial charge in [0.15, 0.2) is 5.65 Å². The molecule has 3 nitrogen and oxygen atoms in total. The summed E-state index contributed by atoms with van der Waals surface area (Å²) in [6.45, 7) is 8.29. The lowest BCUT2D eigenvalue weighted by atomic mass is 9.93. The first-order chi connectivity index (χ1) is 6.88. The van der Waals surface area contributed by atoms with E-state index in [1.165, 1.54) is 0 Å². The molecule has 4 heteroatoms. The standard InChI is InChI=1S/C11H14ClN3/c1-7-5-9(12)15-10(13-7)6-8(14-15)11(2,3)4/h5-6H,1-4H3. The molecular weight excluding hydrogens is 210 g/mol. The van der Waals surface area contributed by atoms with Gasteiger partial charge in [-0.05, 0) is 13.0 Å². The number of aromatic nitrogens is 3. The Morgan fingerprint density at radius 2 is 1.93 bits per heavy atom. The topological polar surface area (TPSA) is 30.2 Å². The lowest BCUT2D eigenvalue weighted by molar-refractivity contribution is 0.562. The van der Waals surface area contributed by atoms with Crippen molar-refractivity contribution in [1.82, 2.24) is 14.6 Å². The first kappa shape index (κ1) is 10.4. The molecule has 0 saturated carbocycles. The van der Waals surface area contributed by atoms with Crippen LogP contribution in [-0.2, 0) is 5.41 Å². The van der Waals surface area contributed by atoms with Crippen molar-refractivity contribution in [2.75, 3.05) is 0 Å². The van der Waals surface area contributed by atoms with E-state index in [9.17, 15) is 0 Å². The fourth-order valence-electron chi connectivity index (χ4n) is 1.42. The summed E-state index contributed by atoms with van der Waals surface area (Å²) in [4.78, 5) is 4.39. The number of fused-ring (bicyclic) bond motifs is 1. The molecule has 0 N–H and O–H groups in total. The van der Waals surface area contributed by atoms with Gasteiger partial charge in [0.2, 0.25) is 0 Å². The van der Waals surface area contributed by atoms with Crippen molar-refractivity contribution in [2.45, 2.75) is 33.1 Å². The van der Waals surface area contributed by atoms with Gasteiger partial charge in [0.1, 0.15) is 5.15 Å². The summed E-state index contributed by atoms with van der Waals surface area (Å²) in [5, 5.41) is 5.05. The highest BCUT2D eigenvalue weighted by atomic mass is 35.5. The fraction of sp³-hybridized carbons (Fsp3) is 0.455. The van der Waals surface area contributed by atoms with E-state index in [1.54, 1.807) is 4.52 Å². The molecule has 0 spiro atoms. The first-order valence-electron chi connectivity index (χ1n) is 4.91. The van der Waals surface area contributed by atoms with E-state index in [0.29, 0.717) is 5.15 Å². The van der Waals surface area contributed by atoms with E-state index >= 15 is 0 Å². The van der Waals surface area contributed by atoms with Gasteiger partial charge >= 0.3 is 0 Å². The van der Waals surface area contributed by atoms with Crippen molar-refractivity contribution in [1.29, 1.82) is 0 Å². The van der Waals surface area contributed by atoms with Gasteiger partial charge in [0.25, 0.3) is 0 Å². The van der Waals surface area contributed by atoms with Crippen LogP contribution in [0.25, 0.3) is 5.65 Å². The molecule has 15 heavy (non-hydrogen) atoms. The molecule has 0 aromatic carbocycles. The number of rotatable bonds is 0. The van der Waals surface area contributed by atoms with E-state index in [2.05, 4.69) is 30.9 Å². The molecule has 0 atom stereocenters. The number of hydrogen-bond donors (Lipinski definition) is 0. The van der Waals surface area contributed by atoms with Crippen LogP contribution in [-0.4, -0.2) is 14.6 Å².